The molecular weight excluding hydrogens is 466 g/mol. The highest BCUT2D eigenvalue weighted by Crippen LogP contribution is 2.24. The van der Waals surface area contributed by atoms with Crippen molar-refractivity contribution in [2.45, 2.75) is 13.3 Å². The van der Waals surface area contributed by atoms with E-state index in [-0.39, 0.29) is 63.6 Å². The number of halogens is 3. The molecule has 0 amide bonds. The molecule has 0 aliphatic carbocycles. The summed E-state index contributed by atoms with van der Waals surface area (Å²) >= 11 is 6.25. The average Bonchev–Trinajstić information content (AvgIpc) is 2.78. The maximum Gasteiger partial charge on any atom is 0.267 e. The maximum absolute atomic E-state index is 14.3. The van der Waals surface area contributed by atoms with E-state index in [1.54, 1.807) is 18.2 Å². The van der Waals surface area contributed by atoms with E-state index in [2.05, 4.69) is 20.3 Å². The molecule has 4 aromatic rings. The first-order valence-corrected chi connectivity index (χ1v) is 10.3. The highest BCUT2D eigenvalue weighted by Gasteiger charge is 2.19. The van der Waals surface area contributed by atoms with Gasteiger partial charge in [-0.15, -0.1) is 0 Å². The van der Waals surface area contributed by atoms with Gasteiger partial charge in [-0.3, -0.25) is 9.36 Å². The molecule has 12 heteroatoms. The monoisotopic (exact) mass is 482 g/mol. The summed E-state index contributed by atoms with van der Waals surface area (Å²) < 4.78 is 29.3. The Hall–Kier alpha value is -4.30. The highest BCUT2D eigenvalue weighted by molar-refractivity contribution is 6.35. The fraction of sp³-hybridized carbons (Fsp3) is 0.136. The molecule has 5 N–H and O–H groups in total. The molecule has 0 unspecified atom stereocenters. The number of fused-ring (bicyclic) bond motifs is 1. The van der Waals surface area contributed by atoms with Crippen molar-refractivity contribution < 1.29 is 8.78 Å². The molecule has 0 saturated carbocycles. The lowest BCUT2D eigenvalue weighted by atomic mass is 10.1. The number of hydrogen-bond acceptors (Lipinski definition) is 8. The summed E-state index contributed by atoms with van der Waals surface area (Å²) in [5, 5.41) is 12.6. The number of nitriles is 1. The minimum atomic E-state index is -1.07. The second-order valence-corrected chi connectivity index (χ2v) is 7.69. The Balaban J connectivity index is 1.82. The first kappa shape index (κ1) is 22.9. The van der Waals surface area contributed by atoms with Crippen molar-refractivity contribution in [3.05, 3.63) is 74.3 Å². The number of nitrogen functional groups attached to an aromatic ring is 2. The first-order chi connectivity index (χ1) is 16.2. The molecule has 172 valence electrons. The second kappa shape index (κ2) is 8.92. The average molecular weight is 483 g/mol. The van der Waals surface area contributed by atoms with Crippen molar-refractivity contribution in [1.29, 1.82) is 5.26 Å². The standard InChI is InChI=1S/C22H17ClF2N8O/c1-10-15(6-5-13(24)18(10)25)33-16(30-14-4-2-3-12(23)17(14)21(33)34)7-8-29-20-11(9-26)19(27)31-22(28)32-20/h2-6H,7-8H2,1H3,(H5,27,28,29,31,32). The van der Waals surface area contributed by atoms with Crippen LogP contribution in [0.1, 0.15) is 17.0 Å². The Morgan fingerprint density at radius 3 is 2.68 bits per heavy atom. The van der Waals surface area contributed by atoms with Gasteiger partial charge in [-0.05, 0) is 31.2 Å². The van der Waals surface area contributed by atoms with Crippen molar-refractivity contribution in [2.75, 3.05) is 23.3 Å². The van der Waals surface area contributed by atoms with Crippen LogP contribution < -0.4 is 22.3 Å². The number of anilines is 3. The second-order valence-electron chi connectivity index (χ2n) is 7.29. The van der Waals surface area contributed by atoms with Crippen LogP contribution in [0.5, 0.6) is 0 Å². The molecule has 0 aliphatic heterocycles. The number of nitrogens with one attached hydrogen (secondary N) is 1. The van der Waals surface area contributed by atoms with Gasteiger partial charge in [0.25, 0.3) is 5.56 Å². The minimum Gasteiger partial charge on any atom is -0.382 e. The van der Waals surface area contributed by atoms with Crippen LogP contribution in [0, 0.1) is 29.9 Å². The first-order valence-electron chi connectivity index (χ1n) is 9.95. The van der Waals surface area contributed by atoms with Crippen molar-refractivity contribution in [2.24, 2.45) is 0 Å². The topological polar surface area (TPSA) is 149 Å². The summed E-state index contributed by atoms with van der Waals surface area (Å²) in [5.74, 6) is -1.94. The van der Waals surface area contributed by atoms with Gasteiger partial charge in [-0.1, -0.05) is 17.7 Å². The zero-order chi connectivity index (χ0) is 24.6. The fourth-order valence-corrected chi connectivity index (χ4v) is 3.81. The van der Waals surface area contributed by atoms with Gasteiger partial charge in [0.1, 0.15) is 23.3 Å². The number of hydrogen-bond donors (Lipinski definition) is 3. The van der Waals surface area contributed by atoms with Crippen LogP contribution in [0.2, 0.25) is 5.02 Å². The molecule has 0 saturated heterocycles. The Morgan fingerprint density at radius 1 is 1.18 bits per heavy atom. The van der Waals surface area contributed by atoms with E-state index in [1.807, 2.05) is 6.07 Å². The fourth-order valence-electron chi connectivity index (χ4n) is 3.56. The number of aromatic nitrogens is 4. The lowest BCUT2D eigenvalue weighted by Gasteiger charge is -2.17. The third-order valence-corrected chi connectivity index (χ3v) is 5.49. The van der Waals surface area contributed by atoms with Crippen LogP contribution in [-0.4, -0.2) is 26.1 Å². The van der Waals surface area contributed by atoms with Gasteiger partial charge < -0.3 is 16.8 Å². The van der Waals surface area contributed by atoms with Gasteiger partial charge in [0, 0.05) is 18.5 Å². The summed E-state index contributed by atoms with van der Waals surface area (Å²) in [6.45, 7) is 1.51. The maximum atomic E-state index is 14.3. The molecule has 34 heavy (non-hydrogen) atoms. The number of rotatable bonds is 5. The van der Waals surface area contributed by atoms with Crippen LogP contribution in [0.15, 0.2) is 35.1 Å². The van der Waals surface area contributed by atoms with Crippen LogP contribution in [-0.2, 0) is 6.42 Å². The molecule has 2 aromatic carbocycles. The molecule has 9 nitrogen and oxygen atoms in total. The van der Waals surface area contributed by atoms with E-state index in [9.17, 15) is 18.8 Å². The molecule has 0 spiro atoms. The Morgan fingerprint density at radius 2 is 1.94 bits per heavy atom. The van der Waals surface area contributed by atoms with Gasteiger partial charge in [0.05, 0.1) is 21.6 Å². The SMILES string of the molecule is Cc1c(-n2c(CCNc3nc(N)nc(N)c3C#N)nc3cccc(Cl)c3c2=O)ccc(F)c1F. The Kier molecular flexibility index (Phi) is 6.00. The molecule has 2 heterocycles. The van der Waals surface area contributed by atoms with E-state index >= 15 is 0 Å². The number of nitrogens with two attached hydrogens (primary N) is 2. The quantitative estimate of drug-likeness (QED) is 0.393. The summed E-state index contributed by atoms with van der Waals surface area (Å²) in [6, 6.07) is 8.97. The Labute approximate surface area is 196 Å². The molecule has 0 bridgehead atoms. The molecule has 0 fully saturated rings. The van der Waals surface area contributed by atoms with Crippen LogP contribution in [0.3, 0.4) is 0 Å². The predicted molar refractivity (Wildman–Crippen MR) is 125 cm³/mol. The lowest BCUT2D eigenvalue weighted by Crippen LogP contribution is -2.26. The summed E-state index contributed by atoms with van der Waals surface area (Å²) in [5.41, 5.74) is 11.2. The van der Waals surface area contributed by atoms with Gasteiger partial charge in [-0.25, -0.2) is 13.8 Å². The zero-order valence-electron chi connectivity index (χ0n) is 17.7. The third-order valence-electron chi connectivity index (χ3n) is 5.17. The molecule has 0 aliphatic rings. The predicted octanol–water partition coefficient (Wildman–Crippen LogP) is 3.11. The van der Waals surface area contributed by atoms with E-state index in [1.165, 1.54) is 17.6 Å². The van der Waals surface area contributed by atoms with Crippen molar-refractivity contribution >= 4 is 40.1 Å². The summed E-state index contributed by atoms with van der Waals surface area (Å²) in [6.07, 6.45) is 0.130. The summed E-state index contributed by atoms with van der Waals surface area (Å²) in [4.78, 5) is 25.7. The van der Waals surface area contributed by atoms with Crippen molar-refractivity contribution in [3.63, 3.8) is 0 Å². The van der Waals surface area contributed by atoms with Gasteiger partial charge >= 0.3 is 0 Å². The third kappa shape index (κ3) is 3.95. The van der Waals surface area contributed by atoms with E-state index in [4.69, 9.17) is 23.1 Å². The molecule has 0 atom stereocenters. The van der Waals surface area contributed by atoms with Crippen LogP contribution in [0.4, 0.5) is 26.4 Å². The molecular formula is C22H17ClF2N8O. The molecule has 0 radical (unpaired) electrons. The number of nitrogens with zero attached hydrogens (tertiary/aromatic N) is 5. The van der Waals surface area contributed by atoms with Crippen molar-refractivity contribution in [1.82, 2.24) is 19.5 Å². The number of benzene rings is 2. The van der Waals surface area contributed by atoms with Gasteiger partial charge in [-0.2, -0.15) is 15.2 Å². The minimum absolute atomic E-state index is 0.0151. The van der Waals surface area contributed by atoms with Gasteiger partial charge in [0.2, 0.25) is 5.95 Å². The largest absolute Gasteiger partial charge is 0.382 e. The van der Waals surface area contributed by atoms with E-state index in [0.29, 0.717) is 5.52 Å². The van der Waals surface area contributed by atoms with Crippen molar-refractivity contribution in [3.8, 4) is 11.8 Å². The van der Waals surface area contributed by atoms with Crippen LogP contribution >= 0.6 is 11.6 Å². The van der Waals surface area contributed by atoms with E-state index < -0.39 is 17.2 Å². The Bertz CT molecular complexity index is 1550. The zero-order valence-corrected chi connectivity index (χ0v) is 18.5. The van der Waals surface area contributed by atoms with Crippen LogP contribution in [0.25, 0.3) is 16.6 Å². The van der Waals surface area contributed by atoms with E-state index in [0.717, 1.165) is 6.07 Å². The normalized spacial score (nSPS) is 10.9. The highest BCUT2D eigenvalue weighted by atomic mass is 35.5. The smallest absolute Gasteiger partial charge is 0.267 e. The van der Waals surface area contributed by atoms with Gasteiger partial charge in [0.15, 0.2) is 17.5 Å². The lowest BCUT2D eigenvalue weighted by molar-refractivity contribution is 0.502. The summed E-state index contributed by atoms with van der Waals surface area (Å²) in [7, 11) is 0. The molecule has 2 aromatic heterocycles. The molecule has 4 rings (SSSR count).